The van der Waals surface area contributed by atoms with E-state index in [9.17, 15) is 5.11 Å². The van der Waals surface area contributed by atoms with E-state index in [-0.39, 0.29) is 0 Å². The highest BCUT2D eigenvalue weighted by Crippen LogP contribution is 2.41. The molecule has 2 atom stereocenters. The number of aromatic hydroxyl groups is 1. The van der Waals surface area contributed by atoms with Gasteiger partial charge in [0, 0.05) is 36.5 Å². The van der Waals surface area contributed by atoms with Gasteiger partial charge in [0.1, 0.15) is 5.75 Å². The van der Waals surface area contributed by atoms with Crippen LogP contribution < -0.4 is 11.1 Å². The lowest BCUT2D eigenvalue weighted by Gasteiger charge is -2.06. The third kappa shape index (κ3) is 3.61. The molecule has 0 radical (unpaired) electrons. The molecule has 0 aliphatic heterocycles. The van der Waals surface area contributed by atoms with Crippen LogP contribution in [0.3, 0.4) is 0 Å². The first-order valence-electron chi connectivity index (χ1n) is 8.38. The molecule has 25 heavy (non-hydrogen) atoms. The molecule has 4 rings (SSSR count). The molecule has 1 aliphatic carbocycles. The van der Waals surface area contributed by atoms with Crippen molar-refractivity contribution in [1.82, 2.24) is 15.3 Å². The number of nitrogens with two attached hydrogens (primary N) is 1. The van der Waals surface area contributed by atoms with E-state index in [2.05, 4.69) is 39.6 Å². The van der Waals surface area contributed by atoms with E-state index >= 15 is 0 Å². The number of hydrogen-bond acceptors (Lipinski definition) is 5. The molecule has 1 saturated carbocycles. The van der Waals surface area contributed by atoms with Gasteiger partial charge in [0.15, 0.2) is 0 Å². The second-order valence-electron chi connectivity index (χ2n) is 6.45. The summed E-state index contributed by atoms with van der Waals surface area (Å²) in [6, 6.07) is 16.4. The Hall–Kier alpha value is -2.92. The second kappa shape index (κ2) is 6.53. The highest BCUT2D eigenvalue weighted by atomic mass is 16.3. The fourth-order valence-corrected chi connectivity index (χ4v) is 3.10. The van der Waals surface area contributed by atoms with Crippen molar-refractivity contribution in [3.05, 3.63) is 72.1 Å². The van der Waals surface area contributed by atoms with Crippen molar-refractivity contribution in [2.24, 2.45) is 0 Å². The summed E-state index contributed by atoms with van der Waals surface area (Å²) in [5.41, 5.74) is 10.0. The number of nitrogens with one attached hydrogen (secondary N) is 1. The second-order valence-corrected chi connectivity index (χ2v) is 6.45. The number of benzene rings is 2. The third-order valence-electron chi connectivity index (χ3n) is 4.60. The highest BCUT2D eigenvalue weighted by Gasteiger charge is 2.37. The molecule has 2 unspecified atom stereocenters. The minimum atomic E-state index is 0.291. The maximum Gasteiger partial charge on any atom is 0.219 e. The molecule has 1 aromatic heterocycles. The largest absolute Gasteiger partial charge is 0.508 e. The lowest BCUT2D eigenvalue weighted by atomic mass is 10.0. The molecule has 1 fully saturated rings. The van der Waals surface area contributed by atoms with E-state index < -0.39 is 0 Å². The maximum atomic E-state index is 9.61. The van der Waals surface area contributed by atoms with E-state index in [4.69, 9.17) is 5.73 Å². The lowest BCUT2D eigenvalue weighted by Crippen LogP contribution is -2.17. The standard InChI is InChI=1S/C20H20N4O/c21-20-23-11-13(12-24-20)10-22-19-9-18(19)15-6-4-14(5-7-15)16-2-1-3-17(25)8-16/h1-8,11-12,18-19,22,25H,9-10H2,(H2,21,23,24). The fourth-order valence-electron chi connectivity index (χ4n) is 3.10. The van der Waals surface area contributed by atoms with E-state index in [1.807, 2.05) is 12.1 Å². The summed E-state index contributed by atoms with van der Waals surface area (Å²) in [5.74, 6) is 1.15. The van der Waals surface area contributed by atoms with Crippen LogP contribution in [0, 0.1) is 0 Å². The van der Waals surface area contributed by atoms with Gasteiger partial charge in [-0.25, -0.2) is 9.97 Å². The maximum absolute atomic E-state index is 9.61. The summed E-state index contributed by atoms with van der Waals surface area (Å²) in [5, 5.41) is 13.1. The molecule has 1 heterocycles. The first kappa shape index (κ1) is 15.6. The molecule has 3 aromatic rings. The Balaban J connectivity index is 1.36. The van der Waals surface area contributed by atoms with Crippen LogP contribution in [0.2, 0.25) is 0 Å². The molecule has 4 N–H and O–H groups in total. The normalized spacial score (nSPS) is 18.9. The van der Waals surface area contributed by atoms with Gasteiger partial charge in [-0.05, 0) is 35.2 Å². The number of anilines is 1. The molecule has 1 aliphatic rings. The van der Waals surface area contributed by atoms with E-state index in [0.29, 0.717) is 23.7 Å². The van der Waals surface area contributed by atoms with Crippen molar-refractivity contribution in [3.63, 3.8) is 0 Å². The van der Waals surface area contributed by atoms with Crippen LogP contribution in [0.15, 0.2) is 60.9 Å². The summed E-state index contributed by atoms with van der Waals surface area (Å²) >= 11 is 0. The predicted octanol–water partition coefficient (Wildman–Crippen LogP) is 3.08. The monoisotopic (exact) mass is 332 g/mol. The molecule has 0 saturated heterocycles. The number of phenolic OH excluding ortho intramolecular Hbond substituents is 1. The summed E-state index contributed by atoms with van der Waals surface area (Å²) in [4.78, 5) is 8.02. The number of nitrogen functional groups attached to an aromatic ring is 1. The molecule has 126 valence electrons. The van der Waals surface area contributed by atoms with E-state index in [1.54, 1.807) is 24.5 Å². The van der Waals surface area contributed by atoms with Crippen LogP contribution in [0.25, 0.3) is 11.1 Å². The topological polar surface area (TPSA) is 84.1 Å². The number of hydrogen-bond donors (Lipinski definition) is 3. The summed E-state index contributed by atoms with van der Waals surface area (Å²) in [6.45, 7) is 0.753. The van der Waals surface area contributed by atoms with Crippen molar-refractivity contribution in [1.29, 1.82) is 0 Å². The van der Waals surface area contributed by atoms with Gasteiger partial charge in [0.25, 0.3) is 0 Å². The van der Waals surface area contributed by atoms with Gasteiger partial charge in [-0.2, -0.15) is 0 Å². The Morgan fingerprint density at radius 3 is 2.52 bits per heavy atom. The molecule has 0 spiro atoms. The van der Waals surface area contributed by atoms with Crippen LogP contribution in [0.1, 0.15) is 23.5 Å². The quantitative estimate of drug-likeness (QED) is 0.669. The van der Waals surface area contributed by atoms with Gasteiger partial charge in [-0.3, -0.25) is 0 Å². The average molecular weight is 332 g/mol. The van der Waals surface area contributed by atoms with Crippen LogP contribution in [0.5, 0.6) is 5.75 Å². The Morgan fingerprint density at radius 2 is 1.80 bits per heavy atom. The Kier molecular flexibility index (Phi) is 4.07. The lowest BCUT2D eigenvalue weighted by molar-refractivity contribution is 0.475. The van der Waals surface area contributed by atoms with Crippen LogP contribution in [0.4, 0.5) is 5.95 Å². The number of aromatic nitrogens is 2. The zero-order valence-electron chi connectivity index (χ0n) is 13.8. The molecular weight excluding hydrogens is 312 g/mol. The number of rotatable bonds is 5. The SMILES string of the molecule is Nc1ncc(CNC2CC2c2ccc(-c3cccc(O)c3)cc2)cn1. The number of phenols is 1. The van der Waals surface area contributed by atoms with Crippen LogP contribution in [-0.4, -0.2) is 21.1 Å². The number of nitrogens with zero attached hydrogens (tertiary/aromatic N) is 2. The first-order valence-corrected chi connectivity index (χ1v) is 8.38. The molecule has 5 nitrogen and oxygen atoms in total. The Morgan fingerprint density at radius 1 is 1.04 bits per heavy atom. The Labute approximate surface area is 146 Å². The van der Waals surface area contributed by atoms with Gasteiger partial charge in [-0.1, -0.05) is 36.4 Å². The van der Waals surface area contributed by atoms with E-state index in [0.717, 1.165) is 29.7 Å². The zero-order valence-corrected chi connectivity index (χ0v) is 13.8. The zero-order chi connectivity index (χ0) is 17.2. The first-order chi connectivity index (χ1) is 12.2. The van der Waals surface area contributed by atoms with Crippen molar-refractivity contribution < 1.29 is 5.11 Å². The van der Waals surface area contributed by atoms with Gasteiger partial charge < -0.3 is 16.2 Å². The van der Waals surface area contributed by atoms with Crippen molar-refractivity contribution in [2.45, 2.75) is 24.9 Å². The molecule has 2 aromatic carbocycles. The summed E-state index contributed by atoms with van der Waals surface area (Å²) in [7, 11) is 0. The minimum Gasteiger partial charge on any atom is -0.508 e. The summed E-state index contributed by atoms with van der Waals surface area (Å²) < 4.78 is 0. The van der Waals surface area contributed by atoms with Crippen molar-refractivity contribution in [3.8, 4) is 16.9 Å². The van der Waals surface area contributed by atoms with Gasteiger partial charge in [0.05, 0.1) is 0 Å². The van der Waals surface area contributed by atoms with Crippen LogP contribution >= 0.6 is 0 Å². The molecule has 0 amide bonds. The molecule has 0 bridgehead atoms. The fraction of sp³-hybridized carbons (Fsp3) is 0.200. The van der Waals surface area contributed by atoms with E-state index in [1.165, 1.54) is 5.56 Å². The average Bonchev–Trinajstić information content (AvgIpc) is 3.41. The highest BCUT2D eigenvalue weighted by molar-refractivity contribution is 5.65. The van der Waals surface area contributed by atoms with Crippen molar-refractivity contribution >= 4 is 5.95 Å². The third-order valence-corrected chi connectivity index (χ3v) is 4.60. The molecular formula is C20H20N4O. The smallest absolute Gasteiger partial charge is 0.219 e. The van der Waals surface area contributed by atoms with Crippen LogP contribution in [-0.2, 0) is 6.54 Å². The predicted molar refractivity (Wildman–Crippen MR) is 98.0 cm³/mol. The van der Waals surface area contributed by atoms with Gasteiger partial charge in [0.2, 0.25) is 5.95 Å². The van der Waals surface area contributed by atoms with Gasteiger partial charge in [-0.15, -0.1) is 0 Å². The van der Waals surface area contributed by atoms with Crippen molar-refractivity contribution in [2.75, 3.05) is 5.73 Å². The minimum absolute atomic E-state index is 0.291. The summed E-state index contributed by atoms with van der Waals surface area (Å²) in [6.07, 6.45) is 4.66. The Bertz CT molecular complexity index is 862. The van der Waals surface area contributed by atoms with Gasteiger partial charge >= 0.3 is 0 Å². The molecule has 5 heteroatoms.